The maximum Gasteiger partial charge on any atom is 0.289 e. The summed E-state index contributed by atoms with van der Waals surface area (Å²) in [4.78, 5) is 13.8. The lowest BCUT2D eigenvalue weighted by Crippen LogP contribution is -2.30. The van der Waals surface area contributed by atoms with Crippen LogP contribution in [-0.4, -0.2) is 31.0 Å². The van der Waals surface area contributed by atoms with E-state index < -0.39 is 5.82 Å². The van der Waals surface area contributed by atoms with Crippen LogP contribution < -0.4 is 4.74 Å². The molecule has 3 rings (SSSR count). The predicted molar refractivity (Wildman–Crippen MR) is 93.0 cm³/mol. The van der Waals surface area contributed by atoms with E-state index in [9.17, 15) is 13.6 Å². The highest BCUT2D eigenvalue weighted by Crippen LogP contribution is 2.25. The molecule has 0 saturated heterocycles. The van der Waals surface area contributed by atoms with Crippen LogP contribution in [0.1, 0.15) is 10.6 Å². The molecule has 6 heteroatoms. The summed E-state index contributed by atoms with van der Waals surface area (Å²) in [5.74, 6) is -0.160. The van der Waals surface area contributed by atoms with Gasteiger partial charge in [-0.3, -0.25) is 4.79 Å². The van der Waals surface area contributed by atoms with E-state index in [2.05, 4.69) is 0 Å². The van der Waals surface area contributed by atoms with Gasteiger partial charge in [0.05, 0.1) is 12.1 Å². The van der Waals surface area contributed by atoms with Crippen LogP contribution in [0.25, 0.3) is 11.3 Å². The van der Waals surface area contributed by atoms with E-state index in [1.807, 2.05) is 0 Å². The standard InChI is InChI=1S/C20H17F2NO3/c1-23(12-13-25-15-8-6-14(21)7-9-15)20(24)19-11-10-18(26-19)16-4-2-3-5-17(16)22/h2-11H,12-13H2,1H3. The summed E-state index contributed by atoms with van der Waals surface area (Å²) >= 11 is 0. The molecule has 0 spiro atoms. The first-order chi connectivity index (χ1) is 12.5. The SMILES string of the molecule is CN(CCOc1ccc(F)cc1)C(=O)c1ccc(-c2ccccc2F)o1. The van der Waals surface area contributed by atoms with E-state index in [0.717, 1.165) is 0 Å². The van der Waals surface area contributed by atoms with Gasteiger partial charge in [-0.05, 0) is 48.5 Å². The molecule has 2 aromatic carbocycles. The molecule has 0 N–H and O–H groups in total. The molecule has 0 aliphatic rings. The Labute approximate surface area is 149 Å². The molecule has 1 heterocycles. The van der Waals surface area contributed by atoms with Crippen LogP contribution in [0.15, 0.2) is 65.1 Å². The summed E-state index contributed by atoms with van der Waals surface area (Å²) in [6.07, 6.45) is 0. The van der Waals surface area contributed by atoms with Crippen LogP contribution in [0.3, 0.4) is 0 Å². The quantitative estimate of drug-likeness (QED) is 0.658. The number of halogens is 2. The first-order valence-corrected chi connectivity index (χ1v) is 8.03. The van der Waals surface area contributed by atoms with Gasteiger partial charge >= 0.3 is 0 Å². The van der Waals surface area contributed by atoms with Gasteiger partial charge in [-0.2, -0.15) is 0 Å². The molecule has 134 valence electrons. The Balaban J connectivity index is 1.58. The monoisotopic (exact) mass is 357 g/mol. The highest BCUT2D eigenvalue weighted by molar-refractivity contribution is 5.91. The molecule has 0 bridgehead atoms. The van der Waals surface area contributed by atoms with Crippen LogP contribution >= 0.6 is 0 Å². The number of hydrogen-bond donors (Lipinski definition) is 0. The maximum absolute atomic E-state index is 13.8. The lowest BCUT2D eigenvalue weighted by atomic mass is 10.1. The van der Waals surface area contributed by atoms with Crippen molar-refractivity contribution in [3.63, 3.8) is 0 Å². The number of benzene rings is 2. The van der Waals surface area contributed by atoms with Crippen molar-refractivity contribution >= 4 is 5.91 Å². The molecule has 26 heavy (non-hydrogen) atoms. The van der Waals surface area contributed by atoms with E-state index in [0.29, 0.717) is 23.6 Å². The van der Waals surface area contributed by atoms with Crippen molar-refractivity contribution < 1.29 is 22.7 Å². The minimum atomic E-state index is -0.415. The summed E-state index contributed by atoms with van der Waals surface area (Å²) in [6, 6.07) is 14.9. The van der Waals surface area contributed by atoms with Gasteiger partial charge in [0.1, 0.15) is 29.8 Å². The van der Waals surface area contributed by atoms with E-state index in [-0.39, 0.29) is 24.1 Å². The van der Waals surface area contributed by atoms with Gasteiger partial charge in [-0.15, -0.1) is 0 Å². The summed E-state index contributed by atoms with van der Waals surface area (Å²) in [6.45, 7) is 0.556. The van der Waals surface area contributed by atoms with Crippen molar-refractivity contribution in [2.24, 2.45) is 0 Å². The number of furan rings is 1. The number of nitrogens with zero attached hydrogens (tertiary/aromatic N) is 1. The molecule has 1 amide bonds. The number of ether oxygens (including phenoxy) is 1. The average molecular weight is 357 g/mol. The normalized spacial score (nSPS) is 10.6. The molecular weight excluding hydrogens is 340 g/mol. The molecule has 0 fully saturated rings. The zero-order chi connectivity index (χ0) is 18.5. The predicted octanol–water partition coefficient (Wildman–Crippen LogP) is 4.38. The fourth-order valence-corrected chi connectivity index (χ4v) is 2.38. The van der Waals surface area contributed by atoms with Gasteiger partial charge < -0.3 is 14.1 Å². The van der Waals surface area contributed by atoms with Crippen molar-refractivity contribution in [2.45, 2.75) is 0 Å². The molecule has 0 aliphatic carbocycles. The maximum atomic E-state index is 13.8. The molecule has 0 radical (unpaired) electrons. The molecular formula is C20H17F2NO3. The molecule has 1 aromatic heterocycles. The fourth-order valence-electron chi connectivity index (χ4n) is 2.38. The first-order valence-electron chi connectivity index (χ1n) is 8.03. The Morgan fingerprint density at radius 3 is 2.50 bits per heavy atom. The number of amides is 1. The van der Waals surface area contributed by atoms with E-state index in [1.165, 1.54) is 41.3 Å². The van der Waals surface area contributed by atoms with Crippen molar-refractivity contribution in [3.05, 3.63) is 78.1 Å². The van der Waals surface area contributed by atoms with Crippen molar-refractivity contribution in [1.82, 2.24) is 4.90 Å². The molecule has 0 aliphatic heterocycles. The number of carbonyl (C=O) groups is 1. The van der Waals surface area contributed by atoms with Crippen LogP contribution in [0.2, 0.25) is 0 Å². The molecule has 0 atom stereocenters. The number of carbonyl (C=O) groups excluding carboxylic acids is 1. The summed E-state index contributed by atoms with van der Waals surface area (Å²) in [7, 11) is 1.61. The van der Waals surface area contributed by atoms with Gasteiger partial charge in [0, 0.05) is 7.05 Å². The number of rotatable bonds is 6. The Morgan fingerprint density at radius 1 is 1.04 bits per heavy atom. The third-order valence-electron chi connectivity index (χ3n) is 3.81. The van der Waals surface area contributed by atoms with Crippen molar-refractivity contribution in [3.8, 4) is 17.1 Å². The summed E-state index contributed by atoms with van der Waals surface area (Å²) in [5.41, 5.74) is 0.300. The first kappa shape index (κ1) is 17.7. The second-order valence-corrected chi connectivity index (χ2v) is 5.67. The zero-order valence-electron chi connectivity index (χ0n) is 14.1. The Bertz CT molecular complexity index is 890. The van der Waals surface area contributed by atoms with Crippen LogP contribution in [0, 0.1) is 11.6 Å². The lowest BCUT2D eigenvalue weighted by Gasteiger charge is -2.16. The Hall–Kier alpha value is -3.15. The topological polar surface area (TPSA) is 42.7 Å². The van der Waals surface area contributed by atoms with Gasteiger partial charge in [0.2, 0.25) is 0 Å². The second-order valence-electron chi connectivity index (χ2n) is 5.67. The number of likely N-dealkylation sites (N-methyl/N-ethyl adjacent to an activating group) is 1. The smallest absolute Gasteiger partial charge is 0.289 e. The van der Waals surface area contributed by atoms with E-state index >= 15 is 0 Å². The third-order valence-corrected chi connectivity index (χ3v) is 3.81. The molecule has 4 nitrogen and oxygen atoms in total. The minimum absolute atomic E-state index is 0.118. The fraction of sp³-hybridized carbons (Fsp3) is 0.150. The van der Waals surface area contributed by atoms with Crippen molar-refractivity contribution in [1.29, 1.82) is 0 Å². The third kappa shape index (κ3) is 4.08. The van der Waals surface area contributed by atoms with Gasteiger partial charge in [0.15, 0.2) is 5.76 Å². The van der Waals surface area contributed by atoms with Gasteiger partial charge in [-0.1, -0.05) is 12.1 Å². The molecule has 3 aromatic rings. The van der Waals surface area contributed by atoms with E-state index in [1.54, 1.807) is 31.3 Å². The molecule has 0 saturated carbocycles. The highest BCUT2D eigenvalue weighted by atomic mass is 19.1. The molecule has 0 unspecified atom stereocenters. The van der Waals surface area contributed by atoms with Gasteiger partial charge in [-0.25, -0.2) is 8.78 Å². The number of hydrogen-bond acceptors (Lipinski definition) is 3. The summed E-state index contributed by atoms with van der Waals surface area (Å²) in [5, 5.41) is 0. The van der Waals surface area contributed by atoms with Crippen LogP contribution in [0.4, 0.5) is 8.78 Å². The zero-order valence-corrected chi connectivity index (χ0v) is 14.1. The lowest BCUT2D eigenvalue weighted by molar-refractivity contribution is 0.0743. The van der Waals surface area contributed by atoms with E-state index in [4.69, 9.17) is 9.15 Å². The minimum Gasteiger partial charge on any atom is -0.492 e. The van der Waals surface area contributed by atoms with Gasteiger partial charge in [0.25, 0.3) is 5.91 Å². The van der Waals surface area contributed by atoms with Crippen LogP contribution in [-0.2, 0) is 0 Å². The summed E-state index contributed by atoms with van der Waals surface area (Å²) < 4.78 is 37.6. The van der Waals surface area contributed by atoms with Crippen LogP contribution in [0.5, 0.6) is 5.75 Å². The largest absolute Gasteiger partial charge is 0.492 e. The second kappa shape index (κ2) is 7.82. The Morgan fingerprint density at radius 2 is 1.77 bits per heavy atom. The highest BCUT2D eigenvalue weighted by Gasteiger charge is 2.17. The Kier molecular flexibility index (Phi) is 5.31. The average Bonchev–Trinajstić information content (AvgIpc) is 3.13. The van der Waals surface area contributed by atoms with Crippen molar-refractivity contribution in [2.75, 3.05) is 20.2 Å².